The molecule has 0 aliphatic carbocycles. The number of halogens is 1. The standard InChI is InChI=1S/C18H20ClN3O2/c1-13-3-4-16(11-17(13)19)22(14(2)23)10-7-18(24)21-12-15-5-8-20-9-6-15/h3-6,8-9,11H,7,10,12H2,1-2H3,(H,21,24). The maximum Gasteiger partial charge on any atom is 0.223 e. The zero-order chi connectivity index (χ0) is 17.5. The van der Waals surface area contributed by atoms with Crippen LogP contribution in [-0.4, -0.2) is 23.3 Å². The highest BCUT2D eigenvalue weighted by Crippen LogP contribution is 2.23. The van der Waals surface area contributed by atoms with Gasteiger partial charge < -0.3 is 10.2 Å². The number of nitrogens with one attached hydrogen (secondary N) is 1. The summed E-state index contributed by atoms with van der Waals surface area (Å²) in [5.41, 5.74) is 2.62. The van der Waals surface area contributed by atoms with Crippen LogP contribution in [0.3, 0.4) is 0 Å². The molecular weight excluding hydrogens is 326 g/mol. The Morgan fingerprint density at radius 2 is 1.92 bits per heavy atom. The van der Waals surface area contributed by atoms with Crippen molar-refractivity contribution in [1.29, 1.82) is 0 Å². The molecule has 0 atom stereocenters. The van der Waals surface area contributed by atoms with Gasteiger partial charge in [-0.1, -0.05) is 17.7 Å². The summed E-state index contributed by atoms with van der Waals surface area (Å²) in [6, 6.07) is 9.12. The van der Waals surface area contributed by atoms with Crippen LogP contribution in [0.4, 0.5) is 5.69 Å². The van der Waals surface area contributed by atoms with E-state index in [2.05, 4.69) is 10.3 Å². The van der Waals surface area contributed by atoms with Gasteiger partial charge in [0, 0.05) is 49.5 Å². The average molecular weight is 346 g/mol. The molecule has 5 nitrogen and oxygen atoms in total. The SMILES string of the molecule is CC(=O)N(CCC(=O)NCc1ccncc1)c1ccc(C)c(Cl)c1. The van der Waals surface area contributed by atoms with Crippen LogP contribution in [-0.2, 0) is 16.1 Å². The first-order valence-electron chi connectivity index (χ1n) is 7.67. The van der Waals surface area contributed by atoms with Crippen LogP contribution in [0, 0.1) is 6.92 Å². The van der Waals surface area contributed by atoms with Gasteiger partial charge in [0.1, 0.15) is 0 Å². The molecule has 2 amide bonds. The van der Waals surface area contributed by atoms with Crippen LogP contribution in [0.1, 0.15) is 24.5 Å². The van der Waals surface area contributed by atoms with Crippen molar-refractivity contribution in [2.24, 2.45) is 0 Å². The van der Waals surface area contributed by atoms with E-state index in [-0.39, 0.29) is 18.2 Å². The molecule has 0 aliphatic heterocycles. The summed E-state index contributed by atoms with van der Waals surface area (Å²) < 4.78 is 0. The number of aromatic nitrogens is 1. The van der Waals surface area contributed by atoms with Gasteiger partial charge in [0.05, 0.1) is 0 Å². The molecule has 1 heterocycles. The second-order valence-corrected chi connectivity index (χ2v) is 5.89. The van der Waals surface area contributed by atoms with Gasteiger partial charge in [0.25, 0.3) is 0 Å². The number of pyridine rings is 1. The number of hydrogen-bond acceptors (Lipinski definition) is 3. The van der Waals surface area contributed by atoms with E-state index in [1.807, 2.05) is 31.2 Å². The lowest BCUT2D eigenvalue weighted by molar-refractivity contribution is -0.121. The van der Waals surface area contributed by atoms with E-state index in [0.29, 0.717) is 23.8 Å². The quantitative estimate of drug-likeness (QED) is 0.875. The predicted molar refractivity (Wildman–Crippen MR) is 94.9 cm³/mol. The summed E-state index contributed by atoms with van der Waals surface area (Å²) >= 11 is 6.12. The van der Waals surface area contributed by atoms with Crippen LogP contribution >= 0.6 is 11.6 Å². The van der Waals surface area contributed by atoms with Crippen molar-refractivity contribution in [3.63, 3.8) is 0 Å². The fraction of sp³-hybridized carbons (Fsp3) is 0.278. The van der Waals surface area contributed by atoms with Gasteiger partial charge in [-0.15, -0.1) is 0 Å². The highest BCUT2D eigenvalue weighted by molar-refractivity contribution is 6.31. The molecule has 0 saturated heterocycles. The number of hydrogen-bond donors (Lipinski definition) is 1. The molecule has 6 heteroatoms. The first-order chi connectivity index (χ1) is 11.5. The summed E-state index contributed by atoms with van der Waals surface area (Å²) in [6.45, 7) is 4.12. The van der Waals surface area contributed by atoms with Crippen LogP contribution in [0.5, 0.6) is 0 Å². The zero-order valence-corrected chi connectivity index (χ0v) is 14.5. The largest absolute Gasteiger partial charge is 0.352 e. The molecule has 0 fully saturated rings. The summed E-state index contributed by atoms with van der Waals surface area (Å²) in [5, 5.41) is 3.43. The Morgan fingerprint density at radius 3 is 2.54 bits per heavy atom. The normalized spacial score (nSPS) is 10.3. The zero-order valence-electron chi connectivity index (χ0n) is 13.8. The molecule has 1 N–H and O–H groups in total. The van der Waals surface area contributed by atoms with Crippen molar-refractivity contribution in [2.75, 3.05) is 11.4 Å². The molecule has 1 aromatic heterocycles. The lowest BCUT2D eigenvalue weighted by Crippen LogP contribution is -2.33. The summed E-state index contributed by atoms with van der Waals surface area (Å²) in [4.78, 5) is 29.4. The summed E-state index contributed by atoms with van der Waals surface area (Å²) in [5.74, 6) is -0.242. The maximum absolute atomic E-state index is 12.0. The maximum atomic E-state index is 12.0. The van der Waals surface area contributed by atoms with Crippen molar-refractivity contribution in [1.82, 2.24) is 10.3 Å². The Balaban J connectivity index is 1.92. The third-order valence-electron chi connectivity index (χ3n) is 3.65. The van der Waals surface area contributed by atoms with Crippen molar-refractivity contribution < 1.29 is 9.59 Å². The lowest BCUT2D eigenvalue weighted by atomic mass is 10.2. The summed E-state index contributed by atoms with van der Waals surface area (Å²) in [7, 11) is 0. The molecule has 0 spiro atoms. The minimum atomic E-state index is -0.128. The minimum Gasteiger partial charge on any atom is -0.352 e. The molecular formula is C18H20ClN3O2. The fourth-order valence-electron chi connectivity index (χ4n) is 2.22. The second-order valence-electron chi connectivity index (χ2n) is 5.49. The van der Waals surface area contributed by atoms with Crippen molar-refractivity contribution in [3.05, 3.63) is 58.9 Å². The number of carbonyl (C=O) groups is 2. The predicted octanol–water partition coefficient (Wildman–Crippen LogP) is 3.10. The van der Waals surface area contributed by atoms with Crippen molar-refractivity contribution >= 4 is 29.1 Å². The van der Waals surface area contributed by atoms with Crippen LogP contribution < -0.4 is 10.2 Å². The summed E-state index contributed by atoms with van der Waals surface area (Å²) in [6.07, 6.45) is 3.58. The Labute approximate surface area is 146 Å². The number of benzene rings is 1. The third kappa shape index (κ3) is 5.06. The van der Waals surface area contributed by atoms with Gasteiger partial charge in [0.15, 0.2) is 0 Å². The molecule has 1 aromatic carbocycles. The van der Waals surface area contributed by atoms with Gasteiger partial charge in [-0.05, 0) is 42.3 Å². The highest BCUT2D eigenvalue weighted by atomic mass is 35.5. The molecule has 0 saturated carbocycles. The Hall–Kier alpha value is -2.40. The van der Waals surface area contributed by atoms with Gasteiger partial charge in [-0.3, -0.25) is 14.6 Å². The van der Waals surface area contributed by atoms with Gasteiger partial charge in [-0.2, -0.15) is 0 Å². The average Bonchev–Trinajstić information content (AvgIpc) is 2.57. The van der Waals surface area contributed by atoms with E-state index in [1.54, 1.807) is 23.4 Å². The van der Waals surface area contributed by atoms with E-state index < -0.39 is 0 Å². The molecule has 24 heavy (non-hydrogen) atoms. The first kappa shape index (κ1) is 17.9. The molecule has 2 aromatic rings. The van der Waals surface area contributed by atoms with E-state index in [4.69, 9.17) is 11.6 Å². The number of nitrogens with zero attached hydrogens (tertiary/aromatic N) is 2. The van der Waals surface area contributed by atoms with Gasteiger partial charge in [-0.25, -0.2) is 0 Å². The number of rotatable bonds is 6. The molecule has 0 bridgehead atoms. The number of anilines is 1. The Morgan fingerprint density at radius 1 is 1.21 bits per heavy atom. The van der Waals surface area contributed by atoms with Crippen LogP contribution in [0.25, 0.3) is 0 Å². The molecule has 0 unspecified atom stereocenters. The fourth-order valence-corrected chi connectivity index (χ4v) is 2.40. The van der Waals surface area contributed by atoms with Gasteiger partial charge in [0.2, 0.25) is 11.8 Å². The molecule has 2 rings (SSSR count). The van der Waals surface area contributed by atoms with E-state index in [1.165, 1.54) is 6.92 Å². The topological polar surface area (TPSA) is 62.3 Å². The van der Waals surface area contributed by atoms with Crippen LogP contribution in [0.15, 0.2) is 42.7 Å². The monoisotopic (exact) mass is 345 g/mol. The van der Waals surface area contributed by atoms with Crippen molar-refractivity contribution in [2.45, 2.75) is 26.8 Å². The second kappa shape index (κ2) is 8.45. The van der Waals surface area contributed by atoms with Crippen molar-refractivity contribution in [3.8, 4) is 0 Å². The smallest absolute Gasteiger partial charge is 0.223 e. The number of amides is 2. The van der Waals surface area contributed by atoms with E-state index in [0.717, 1.165) is 11.1 Å². The van der Waals surface area contributed by atoms with Crippen LogP contribution in [0.2, 0.25) is 5.02 Å². The molecule has 0 radical (unpaired) electrons. The Kier molecular flexibility index (Phi) is 6.32. The lowest BCUT2D eigenvalue weighted by Gasteiger charge is -2.21. The molecule has 126 valence electrons. The first-order valence-corrected chi connectivity index (χ1v) is 8.05. The Bertz CT molecular complexity index is 719. The molecule has 0 aliphatic rings. The number of carbonyl (C=O) groups excluding carboxylic acids is 2. The van der Waals surface area contributed by atoms with Gasteiger partial charge >= 0.3 is 0 Å². The van der Waals surface area contributed by atoms with E-state index in [9.17, 15) is 9.59 Å². The highest BCUT2D eigenvalue weighted by Gasteiger charge is 2.14. The van der Waals surface area contributed by atoms with E-state index >= 15 is 0 Å². The number of aryl methyl sites for hydroxylation is 1. The minimum absolute atomic E-state index is 0.115. The third-order valence-corrected chi connectivity index (χ3v) is 4.06.